The van der Waals surface area contributed by atoms with Gasteiger partial charge in [-0.25, -0.2) is 4.79 Å². The fourth-order valence-electron chi connectivity index (χ4n) is 1.78. The lowest BCUT2D eigenvalue weighted by Gasteiger charge is -1.98. The number of carboxylic acids is 1. The smallest absolute Gasteiger partial charge is 0.348 e. The summed E-state index contributed by atoms with van der Waals surface area (Å²) in [5, 5.41) is 9.06. The Morgan fingerprint density at radius 3 is 2.76 bits per heavy atom. The summed E-state index contributed by atoms with van der Waals surface area (Å²) in [4.78, 5) is 12.1. The standard InChI is InChI=1S/C12H13NO3S/c1-3-8-9(13)11(12(14)15)17-10(8)7-4-6(2)16-5-7/h4-5H,3,13H2,1-2H3,(H,14,15). The number of hydrogen-bond acceptors (Lipinski definition) is 4. The van der Waals surface area contributed by atoms with Crippen LogP contribution in [0.1, 0.15) is 27.9 Å². The van der Waals surface area contributed by atoms with E-state index in [9.17, 15) is 4.79 Å². The molecule has 4 nitrogen and oxygen atoms in total. The van der Waals surface area contributed by atoms with Crippen LogP contribution >= 0.6 is 11.3 Å². The molecule has 0 bridgehead atoms. The quantitative estimate of drug-likeness (QED) is 0.878. The van der Waals surface area contributed by atoms with Crippen molar-refractivity contribution in [3.8, 4) is 10.4 Å². The number of anilines is 1. The van der Waals surface area contributed by atoms with Crippen molar-refractivity contribution < 1.29 is 14.3 Å². The van der Waals surface area contributed by atoms with Crippen molar-refractivity contribution in [2.24, 2.45) is 0 Å². The van der Waals surface area contributed by atoms with Crippen LogP contribution in [0.5, 0.6) is 0 Å². The van der Waals surface area contributed by atoms with Crippen molar-refractivity contribution in [1.82, 2.24) is 0 Å². The van der Waals surface area contributed by atoms with Crippen molar-refractivity contribution in [3.05, 3.63) is 28.5 Å². The Morgan fingerprint density at radius 1 is 1.59 bits per heavy atom. The summed E-state index contributed by atoms with van der Waals surface area (Å²) in [6, 6.07) is 1.88. The highest BCUT2D eigenvalue weighted by molar-refractivity contribution is 7.18. The highest BCUT2D eigenvalue weighted by atomic mass is 32.1. The third kappa shape index (κ3) is 1.93. The van der Waals surface area contributed by atoms with Crippen LogP contribution in [0.15, 0.2) is 16.7 Å². The van der Waals surface area contributed by atoms with Crippen molar-refractivity contribution in [3.63, 3.8) is 0 Å². The molecule has 90 valence electrons. The van der Waals surface area contributed by atoms with Crippen molar-refractivity contribution in [1.29, 1.82) is 0 Å². The minimum absolute atomic E-state index is 0.204. The Labute approximate surface area is 103 Å². The molecule has 0 spiro atoms. The molecular weight excluding hydrogens is 238 g/mol. The van der Waals surface area contributed by atoms with Crippen LogP contribution in [-0.2, 0) is 6.42 Å². The molecule has 2 aromatic rings. The number of nitrogens with two attached hydrogens (primary N) is 1. The summed E-state index contributed by atoms with van der Waals surface area (Å²) in [6.45, 7) is 3.81. The SMILES string of the molecule is CCc1c(-c2coc(C)c2)sc(C(=O)O)c1N. The van der Waals surface area contributed by atoms with Crippen LogP contribution < -0.4 is 5.73 Å². The van der Waals surface area contributed by atoms with Gasteiger partial charge < -0.3 is 15.3 Å². The van der Waals surface area contributed by atoms with Crippen LogP contribution in [0.25, 0.3) is 10.4 Å². The maximum absolute atomic E-state index is 11.0. The molecule has 17 heavy (non-hydrogen) atoms. The number of aryl methyl sites for hydroxylation is 1. The van der Waals surface area contributed by atoms with Gasteiger partial charge in [0.2, 0.25) is 0 Å². The molecule has 5 heteroatoms. The van der Waals surface area contributed by atoms with Crippen LogP contribution in [0.2, 0.25) is 0 Å². The minimum atomic E-state index is -0.978. The second-order valence-electron chi connectivity index (χ2n) is 3.76. The van der Waals surface area contributed by atoms with Gasteiger partial charge >= 0.3 is 5.97 Å². The lowest BCUT2D eigenvalue weighted by atomic mass is 10.1. The largest absolute Gasteiger partial charge is 0.477 e. The molecule has 2 heterocycles. The second-order valence-corrected chi connectivity index (χ2v) is 4.78. The van der Waals surface area contributed by atoms with Crippen LogP contribution in [0, 0.1) is 6.92 Å². The molecule has 0 aromatic carbocycles. The average Bonchev–Trinajstić information content (AvgIpc) is 2.82. The first kappa shape index (κ1) is 11.7. The first-order valence-electron chi connectivity index (χ1n) is 5.24. The van der Waals surface area contributed by atoms with Crippen molar-refractivity contribution >= 4 is 23.0 Å². The average molecular weight is 251 g/mol. The molecular formula is C12H13NO3S. The number of furan rings is 1. The highest BCUT2D eigenvalue weighted by Gasteiger charge is 2.20. The van der Waals surface area contributed by atoms with Gasteiger partial charge in [-0.15, -0.1) is 11.3 Å². The number of hydrogen-bond donors (Lipinski definition) is 2. The summed E-state index contributed by atoms with van der Waals surface area (Å²) in [5.41, 5.74) is 8.01. The van der Waals surface area contributed by atoms with Crippen LogP contribution in [-0.4, -0.2) is 11.1 Å². The van der Waals surface area contributed by atoms with E-state index in [-0.39, 0.29) is 4.88 Å². The van der Waals surface area contributed by atoms with Gasteiger partial charge in [-0.3, -0.25) is 0 Å². The second kappa shape index (κ2) is 4.25. The van der Waals surface area contributed by atoms with Gasteiger partial charge in [0, 0.05) is 10.4 Å². The highest BCUT2D eigenvalue weighted by Crippen LogP contribution is 2.39. The zero-order chi connectivity index (χ0) is 12.6. The summed E-state index contributed by atoms with van der Waals surface area (Å²) in [6.07, 6.45) is 2.33. The lowest BCUT2D eigenvalue weighted by Crippen LogP contribution is -1.99. The molecule has 0 saturated carbocycles. The topological polar surface area (TPSA) is 76.5 Å². The molecule has 0 unspecified atom stereocenters. The van der Waals surface area contributed by atoms with E-state index in [1.54, 1.807) is 6.26 Å². The molecule has 0 radical (unpaired) electrons. The van der Waals surface area contributed by atoms with E-state index in [0.29, 0.717) is 12.1 Å². The molecule has 0 aliphatic heterocycles. The third-order valence-electron chi connectivity index (χ3n) is 2.59. The molecule has 3 N–H and O–H groups in total. The Bertz CT molecular complexity index is 568. The fraction of sp³-hybridized carbons (Fsp3) is 0.250. The molecule has 0 saturated heterocycles. The van der Waals surface area contributed by atoms with E-state index >= 15 is 0 Å². The summed E-state index contributed by atoms with van der Waals surface area (Å²) in [7, 11) is 0. The Kier molecular flexibility index (Phi) is 2.93. The number of carboxylic acid groups (broad SMARTS) is 1. The van der Waals surface area contributed by atoms with Crippen molar-refractivity contribution in [2.75, 3.05) is 5.73 Å². The number of thiophene rings is 1. The van der Waals surface area contributed by atoms with Gasteiger partial charge in [0.1, 0.15) is 10.6 Å². The van der Waals surface area contributed by atoms with E-state index in [0.717, 1.165) is 21.8 Å². The predicted octanol–water partition coefficient (Wildman–Crippen LogP) is 3.16. The van der Waals surface area contributed by atoms with E-state index in [2.05, 4.69) is 0 Å². The van der Waals surface area contributed by atoms with Gasteiger partial charge in [-0.1, -0.05) is 6.92 Å². The van der Waals surface area contributed by atoms with Gasteiger partial charge in [0.25, 0.3) is 0 Å². The van der Waals surface area contributed by atoms with Gasteiger partial charge in [0.15, 0.2) is 0 Å². The number of nitrogen functional groups attached to an aromatic ring is 1. The number of carbonyl (C=O) groups is 1. The molecule has 0 fully saturated rings. The lowest BCUT2D eigenvalue weighted by molar-refractivity contribution is 0.0703. The molecule has 0 aliphatic rings. The van der Waals surface area contributed by atoms with E-state index in [1.165, 1.54) is 11.3 Å². The van der Waals surface area contributed by atoms with E-state index < -0.39 is 5.97 Å². The van der Waals surface area contributed by atoms with Gasteiger partial charge in [0.05, 0.1) is 12.0 Å². The normalized spacial score (nSPS) is 10.7. The summed E-state index contributed by atoms with van der Waals surface area (Å²) < 4.78 is 5.25. The number of rotatable bonds is 3. The third-order valence-corrected chi connectivity index (χ3v) is 3.87. The van der Waals surface area contributed by atoms with Crippen LogP contribution in [0.4, 0.5) is 5.69 Å². The molecule has 2 aromatic heterocycles. The minimum Gasteiger partial charge on any atom is -0.477 e. The zero-order valence-electron chi connectivity index (χ0n) is 9.61. The van der Waals surface area contributed by atoms with E-state index in [1.807, 2.05) is 19.9 Å². The molecule has 0 aliphatic carbocycles. The molecule has 0 atom stereocenters. The maximum Gasteiger partial charge on any atom is 0.348 e. The Hall–Kier alpha value is -1.75. The maximum atomic E-state index is 11.0. The summed E-state index contributed by atoms with van der Waals surface area (Å²) in [5.74, 6) is -0.181. The number of aromatic carboxylic acids is 1. The van der Waals surface area contributed by atoms with Gasteiger partial charge in [-0.05, 0) is 25.0 Å². The Balaban J connectivity index is 2.61. The Morgan fingerprint density at radius 2 is 2.29 bits per heavy atom. The fourth-order valence-corrected chi connectivity index (χ4v) is 2.91. The van der Waals surface area contributed by atoms with E-state index in [4.69, 9.17) is 15.3 Å². The first-order chi connectivity index (χ1) is 8.04. The zero-order valence-corrected chi connectivity index (χ0v) is 10.4. The monoisotopic (exact) mass is 251 g/mol. The van der Waals surface area contributed by atoms with Crippen LogP contribution in [0.3, 0.4) is 0 Å². The molecule has 2 rings (SSSR count). The first-order valence-corrected chi connectivity index (χ1v) is 6.06. The van der Waals surface area contributed by atoms with Gasteiger partial charge in [-0.2, -0.15) is 0 Å². The molecule has 0 amide bonds. The summed E-state index contributed by atoms with van der Waals surface area (Å²) >= 11 is 1.20. The predicted molar refractivity (Wildman–Crippen MR) is 67.5 cm³/mol. The van der Waals surface area contributed by atoms with Crippen molar-refractivity contribution in [2.45, 2.75) is 20.3 Å².